The maximum atomic E-state index is 13.3. The summed E-state index contributed by atoms with van der Waals surface area (Å²) in [6.45, 7) is 7.88. The van der Waals surface area contributed by atoms with Gasteiger partial charge in [-0.05, 0) is 30.7 Å². The van der Waals surface area contributed by atoms with Crippen LogP contribution in [0, 0.1) is 5.41 Å². The Bertz CT molecular complexity index is 1020. The number of ether oxygens (including phenoxy) is 2. The van der Waals surface area contributed by atoms with Crippen molar-refractivity contribution in [2.45, 2.75) is 40.3 Å². The molecule has 0 spiro atoms. The average Bonchev–Trinajstić information content (AvgIpc) is 2.98. The van der Waals surface area contributed by atoms with E-state index in [9.17, 15) is 14.7 Å². The minimum absolute atomic E-state index is 0.112. The van der Waals surface area contributed by atoms with Crippen molar-refractivity contribution in [1.29, 1.82) is 0 Å². The standard InChI is InChI=1S/C25H29NO5/c1-6-31-18-12-9-11-16(14-18)21-20(23(28)25(2,3)4)22(27)24(29)26(21)15-17-10-7-8-13-19(17)30-5/h7-14,21,27H,6,15H2,1-5H3. The summed E-state index contributed by atoms with van der Waals surface area (Å²) in [7, 11) is 1.57. The largest absolute Gasteiger partial charge is 0.503 e. The summed E-state index contributed by atoms with van der Waals surface area (Å²) < 4.78 is 11.1. The van der Waals surface area contributed by atoms with E-state index in [1.807, 2.05) is 55.5 Å². The predicted octanol–water partition coefficient (Wildman–Crippen LogP) is 4.60. The SMILES string of the molecule is CCOc1cccc(C2C(C(=O)C(C)(C)C)=C(O)C(=O)N2Cc2ccccc2OC)c1. The number of Topliss-reactive ketones (excluding diaryl/α,β-unsaturated/α-hetero) is 1. The number of benzene rings is 2. The number of aliphatic hydroxyl groups excluding tert-OH is 1. The Balaban J connectivity index is 2.12. The van der Waals surface area contributed by atoms with Gasteiger partial charge in [-0.1, -0.05) is 51.1 Å². The normalized spacial score (nSPS) is 16.6. The van der Waals surface area contributed by atoms with Gasteiger partial charge in [0.15, 0.2) is 11.5 Å². The Hall–Kier alpha value is -3.28. The predicted molar refractivity (Wildman–Crippen MR) is 118 cm³/mol. The van der Waals surface area contributed by atoms with E-state index in [1.54, 1.807) is 27.9 Å². The second-order valence-corrected chi connectivity index (χ2v) is 8.49. The Morgan fingerprint density at radius 2 is 1.84 bits per heavy atom. The van der Waals surface area contributed by atoms with Crippen molar-refractivity contribution in [3.8, 4) is 11.5 Å². The molecule has 6 heteroatoms. The van der Waals surface area contributed by atoms with Crippen molar-refractivity contribution in [2.75, 3.05) is 13.7 Å². The summed E-state index contributed by atoms with van der Waals surface area (Å²) in [5.74, 6) is -0.0783. The fourth-order valence-corrected chi connectivity index (χ4v) is 3.76. The molecule has 0 aliphatic carbocycles. The number of methoxy groups -OCH3 is 1. The molecule has 0 saturated carbocycles. The number of hydrogen-bond acceptors (Lipinski definition) is 5. The van der Waals surface area contributed by atoms with Gasteiger partial charge < -0.3 is 19.5 Å². The van der Waals surface area contributed by atoms with Crippen molar-refractivity contribution in [1.82, 2.24) is 4.90 Å². The highest BCUT2D eigenvalue weighted by Gasteiger charge is 2.46. The molecule has 2 aromatic carbocycles. The molecule has 0 saturated heterocycles. The van der Waals surface area contributed by atoms with Crippen LogP contribution in [-0.4, -0.2) is 35.4 Å². The van der Waals surface area contributed by atoms with Gasteiger partial charge in [0.05, 0.1) is 31.9 Å². The van der Waals surface area contributed by atoms with Gasteiger partial charge in [0.2, 0.25) is 0 Å². The van der Waals surface area contributed by atoms with E-state index in [4.69, 9.17) is 9.47 Å². The summed E-state index contributed by atoms with van der Waals surface area (Å²) >= 11 is 0. The number of para-hydroxylation sites is 1. The van der Waals surface area contributed by atoms with E-state index in [0.717, 1.165) is 5.56 Å². The first kappa shape index (κ1) is 22.4. The third-order valence-electron chi connectivity index (χ3n) is 5.25. The van der Waals surface area contributed by atoms with E-state index in [0.29, 0.717) is 23.7 Å². The number of aliphatic hydroxyl groups is 1. The zero-order valence-corrected chi connectivity index (χ0v) is 18.6. The Morgan fingerprint density at radius 3 is 2.48 bits per heavy atom. The summed E-state index contributed by atoms with van der Waals surface area (Å²) in [5, 5.41) is 10.8. The highest BCUT2D eigenvalue weighted by Crippen LogP contribution is 2.42. The molecule has 1 aliphatic rings. The molecule has 1 amide bonds. The molecule has 1 heterocycles. The number of ketones is 1. The lowest BCUT2D eigenvalue weighted by atomic mass is 9.82. The van der Waals surface area contributed by atoms with Crippen molar-refractivity contribution in [3.05, 3.63) is 71.0 Å². The molecule has 1 aliphatic heterocycles. The first-order valence-corrected chi connectivity index (χ1v) is 10.3. The molecular formula is C25H29NO5. The second kappa shape index (κ2) is 8.84. The lowest BCUT2D eigenvalue weighted by Crippen LogP contribution is -2.32. The van der Waals surface area contributed by atoms with Gasteiger partial charge in [0.25, 0.3) is 5.91 Å². The highest BCUT2D eigenvalue weighted by molar-refractivity contribution is 6.10. The van der Waals surface area contributed by atoms with Crippen LogP contribution in [0.3, 0.4) is 0 Å². The molecule has 1 N–H and O–H groups in total. The van der Waals surface area contributed by atoms with Crippen LogP contribution in [0.15, 0.2) is 59.9 Å². The number of amides is 1. The molecular weight excluding hydrogens is 394 g/mol. The van der Waals surface area contributed by atoms with Crippen LogP contribution in [0.4, 0.5) is 0 Å². The van der Waals surface area contributed by atoms with E-state index in [2.05, 4.69) is 0 Å². The summed E-state index contributed by atoms with van der Waals surface area (Å²) in [6.07, 6.45) is 0. The Kier molecular flexibility index (Phi) is 6.39. The molecule has 164 valence electrons. The van der Waals surface area contributed by atoms with Gasteiger partial charge in [-0.25, -0.2) is 0 Å². The molecule has 0 fully saturated rings. The maximum absolute atomic E-state index is 13.3. The van der Waals surface area contributed by atoms with Gasteiger partial charge in [-0.15, -0.1) is 0 Å². The first-order valence-electron chi connectivity index (χ1n) is 10.3. The Morgan fingerprint density at radius 1 is 1.13 bits per heavy atom. The summed E-state index contributed by atoms with van der Waals surface area (Å²) in [5.41, 5.74) is 0.827. The highest BCUT2D eigenvalue weighted by atomic mass is 16.5. The van der Waals surface area contributed by atoms with Crippen LogP contribution in [-0.2, 0) is 16.1 Å². The fraction of sp³-hybridized carbons (Fsp3) is 0.360. The second-order valence-electron chi connectivity index (χ2n) is 8.49. The van der Waals surface area contributed by atoms with Gasteiger partial charge in [-0.3, -0.25) is 9.59 Å². The monoisotopic (exact) mass is 423 g/mol. The van der Waals surface area contributed by atoms with Crippen LogP contribution in [0.5, 0.6) is 11.5 Å². The molecule has 3 rings (SSSR count). The molecule has 6 nitrogen and oxygen atoms in total. The topological polar surface area (TPSA) is 76.1 Å². The number of rotatable bonds is 7. The molecule has 1 atom stereocenters. The number of carbonyl (C=O) groups excluding carboxylic acids is 2. The van der Waals surface area contributed by atoms with Crippen molar-refractivity contribution in [2.24, 2.45) is 5.41 Å². The summed E-state index contributed by atoms with van der Waals surface area (Å²) in [6, 6.07) is 13.9. The fourth-order valence-electron chi connectivity index (χ4n) is 3.76. The average molecular weight is 424 g/mol. The van der Waals surface area contributed by atoms with Gasteiger partial charge in [0.1, 0.15) is 11.5 Å². The van der Waals surface area contributed by atoms with E-state index in [-0.39, 0.29) is 17.9 Å². The van der Waals surface area contributed by atoms with Crippen molar-refractivity contribution >= 4 is 11.7 Å². The lowest BCUT2D eigenvalue weighted by molar-refractivity contribution is -0.130. The van der Waals surface area contributed by atoms with Crippen LogP contribution < -0.4 is 9.47 Å². The van der Waals surface area contributed by atoms with Gasteiger partial charge >= 0.3 is 0 Å². The maximum Gasteiger partial charge on any atom is 0.290 e. The van der Waals surface area contributed by atoms with Crippen LogP contribution >= 0.6 is 0 Å². The molecule has 0 bridgehead atoms. The minimum Gasteiger partial charge on any atom is -0.503 e. The number of hydrogen-bond donors (Lipinski definition) is 1. The molecule has 1 unspecified atom stereocenters. The smallest absolute Gasteiger partial charge is 0.290 e. The molecule has 0 aromatic heterocycles. The van der Waals surface area contributed by atoms with E-state index >= 15 is 0 Å². The number of nitrogens with zero attached hydrogens (tertiary/aromatic N) is 1. The van der Waals surface area contributed by atoms with Gasteiger partial charge in [0, 0.05) is 11.0 Å². The van der Waals surface area contributed by atoms with E-state index < -0.39 is 23.1 Å². The third-order valence-corrected chi connectivity index (χ3v) is 5.25. The molecule has 31 heavy (non-hydrogen) atoms. The zero-order valence-electron chi connectivity index (χ0n) is 18.6. The van der Waals surface area contributed by atoms with E-state index in [1.165, 1.54) is 4.90 Å². The number of carbonyl (C=O) groups is 2. The van der Waals surface area contributed by atoms with Crippen LogP contribution in [0.2, 0.25) is 0 Å². The van der Waals surface area contributed by atoms with Crippen molar-refractivity contribution < 1.29 is 24.2 Å². The lowest BCUT2D eigenvalue weighted by Gasteiger charge is -2.29. The minimum atomic E-state index is -0.764. The summed E-state index contributed by atoms with van der Waals surface area (Å²) in [4.78, 5) is 27.9. The quantitative estimate of drug-likeness (QED) is 0.704. The molecule has 0 radical (unpaired) electrons. The Labute approximate surface area is 183 Å². The van der Waals surface area contributed by atoms with Crippen LogP contribution in [0.25, 0.3) is 0 Å². The van der Waals surface area contributed by atoms with Crippen LogP contribution in [0.1, 0.15) is 44.9 Å². The van der Waals surface area contributed by atoms with Gasteiger partial charge in [-0.2, -0.15) is 0 Å². The third kappa shape index (κ3) is 4.43. The van der Waals surface area contributed by atoms with Crippen molar-refractivity contribution in [3.63, 3.8) is 0 Å². The first-order chi connectivity index (χ1) is 14.7. The molecule has 2 aromatic rings. The zero-order chi connectivity index (χ0) is 22.8.